The van der Waals surface area contributed by atoms with E-state index < -0.39 is 5.97 Å². The molecule has 6 nitrogen and oxygen atoms in total. The zero-order valence-electron chi connectivity index (χ0n) is 18.6. The zero-order valence-corrected chi connectivity index (χ0v) is 18.6. The maximum atomic E-state index is 13.3. The molecular weight excluding hydrogens is 406 g/mol. The molecular formula is C26H27NO5. The summed E-state index contributed by atoms with van der Waals surface area (Å²) in [7, 11) is 3.24. The van der Waals surface area contributed by atoms with Gasteiger partial charge in [-0.05, 0) is 48.6 Å². The third-order valence-electron chi connectivity index (χ3n) is 5.97. The van der Waals surface area contributed by atoms with Crippen LogP contribution in [0.15, 0.2) is 48.5 Å². The van der Waals surface area contributed by atoms with Gasteiger partial charge in [-0.15, -0.1) is 0 Å². The molecule has 0 unspecified atom stereocenters. The molecule has 0 radical (unpaired) electrons. The highest BCUT2D eigenvalue weighted by molar-refractivity contribution is 6.04. The molecule has 1 aliphatic rings. The van der Waals surface area contributed by atoms with Crippen LogP contribution >= 0.6 is 0 Å². The van der Waals surface area contributed by atoms with Gasteiger partial charge in [0.25, 0.3) is 0 Å². The molecule has 0 spiro atoms. The van der Waals surface area contributed by atoms with Crippen molar-refractivity contribution in [3.8, 4) is 11.5 Å². The summed E-state index contributed by atoms with van der Waals surface area (Å²) in [6.45, 7) is 2.03. The first-order valence-corrected chi connectivity index (χ1v) is 10.8. The lowest BCUT2D eigenvalue weighted by Crippen LogP contribution is -2.19. The number of esters is 1. The molecule has 1 aliphatic carbocycles. The first-order chi connectivity index (χ1) is 15.5. The Kier molecular flexibility index (Phi) is 6.30. The van der Waals surface area contributed by atoms with Crippen LogP contribution in [0.4, 0.5) is 0 Å². The number of aromatic nitrogens is 1. The fraction of sp³-hybridized carbons (Fsp3) is 0.308. The van der Waals surface area contributed by atoms with E-state index in [1.807, 2.05) is 48.5 Å². The number of fused-ring (bicyclic) bond motifs is 1. The number of carbonyl (C=O) groups excluding carboxylic acids is 2. The van der Waals surface area contributed by atoms with Gasteiger partial charge in [0.1, 0.15) is 17.2 Å². The molecule has 32 heavy (non-hydrogen) atoms. The van der Waals surface area contributed by atoms with Crippen LogP contribution in [-0.2, 0) is 17.6 Å². The minimum atomic E-state index is -0.444. The quantitative estimate of drug-likeness (QED) is 0.546. The SMILES string of the molecule is CCOC(=O)c1[nH]c2c(c1Cc1ccccc1OC)C(=O)C[C@@H](c1ccc(OC)cc1)C2. The first-order valence-electron chi connectivity index (χ1n) is 10.8. The number of para-hydroxylation sites is 1. The molecule has 3 aromatic rings. The number of hydrogen-bond donors (Lipinski definition) is 1. The number of aromatic amines is 1. The van der Waals surface area contributed by atoms with Gasteiger partial charge in [0.15, 0.2) is 5.78 Å². The van der Waals surface area contributed by atoms with Crippen LogP contribution in [-0.4, -0.2) is 37.6 Å². The number of hydrogen-bond acceptors (Lipinski definition) is 5. The van der Waals surface area contributed by atoms with Crippen molar-refractivity contribution in [2.75, 3.05) is 20.8 Å². The summed E-state index contributed by atoms with van der Waals surface area (Å²) in [5.41, 5.74) is 4.42. The molecule has 0 saturated carbocycles. The molecule has 6 heteroatoms. The van der Waals surface area contributed by atoms with E-state index in [9.17, 15) is 9.59 Å². The molecule has 1 heterocycles. The van der Waals surface area contributed by atoms with Gasteiger partial charge in [-0.2, -0.15) is 0 Å². The van der Waals surface area contributed by atoms with Crippen molar-refractivity contribution in [2.45, 2.75) is 32.1 Å². The summed E-state index contributed by atoms with van der Waals surface area (Å²) in [5, 5.41) is 0. The van der Waals surface area contributed by atoms with E-state index in [1.54, 1.807) is 21.1 Å². The fourth-order valence-corrected chi connectivity index (χ4v) is 4.44. The predicted molar refractivity (Wildman–Crippen MR) is 121 cm³/mol. The van der Waals surface area contributed by atoms with Crippen LogP contribution < -0.4 is 9.47 Å². The van der Waals surface area contributed by atoms with Gasteiger partial charge in [-0.1, -0.05) is 30.3 Å². The Labute approximate surface area is 187 Å². The number of carbonyl (C=O) groups is 2. The molecule has 2 aromatic carbocycles. The van der Waals surface area contributed by atoms with E-state index in [2.05, 4.69) is 4.98 Å². The van der Waals surface area contributed by atoms with Gasteiger partial charge in [0.2, 0.25) is 0 Å². The molecule has 0 amide bonds. The van der Waals surface area contributed by atoms with Crippen LogP contribution in [0.1, 0.15) is 62.5 Å². The highest BCUT2D eigenvalue weighted by Crippen LogP contribution is 2.37. The van der Waals surface area contributed by atoms with Crippen molar-refractivity contribution in [3.05, 3.63) is 82.2 Å². The van der Waals surface area contributed by atoms with Crippen LogP contribution in [0.2, 0.25) is 0 Å². The van der Waals surface area contributed by atoms with Crippen LogP contribution in [0, 0.1) is 0 Å². The number of benzene rings is 2. The Morgan fingerprint density at radius 1 is 1.03 bits per heavy atom. The van der Waals surface area contributed by atoms with Gasteiger partial charge in [-0.25, -0.2) is 4.79 Å². The lowest BCUT2D eigenvalue weighted by atomic mass is 9.80. The number of ketones is 1. The molecule has 1 atom stereocenters. The van der Waals surface area contributed by atoms with Crippen molar-refractivity contribution >= 4 is 11.8 Å². The van der Waals surface area contributed by atoms with E-state index in [1.165, 1.54) is 0 Å². The first kappa shape index (κ1) is 21.7. The second-order valence-corrected chi connectivity index (χ2v) is 7.84. The molecule has 0 fully saturated rings. The fourth-order valence-electron chi connectivity index (χ4n) is 4.44. The van der Waals surface area contributed by atoms with Crippen LogP contribution in [0.25, 0.3) is 0 Å². The maximum absolute atomic E-state index is 13.3. The molecule has 4 rings (SSSR count). The van der Waals surface area contributed by atoms with E-state index in [0.29, 0.717) is 36.1 Å². The molecule has 1 aromatic heterocycles. The normalized spacial score (nSPS) is 15.2. The average Bonchev–Trinajstić information content (AvgIpc) is 3.18. The number of H-pyrrole nitrogens is 1. The average molecular weight is 434 g/mol. The summed E-state index contributed by atoms with van der Waals surface area (Å²) in [6, 6.07) is 15.4. The molecule has 0 aliphatic heterocycles. The van der Waals surface area contributed by atoms with E-state index >= 15 is 0 Å². The van der Waals surface area contributed by atoms with Gasteiger partial charge in [0, 0.05) is 29.7 Å². The smallest absolute Gasteiger partial charge is 0.355 e. The van der Waals surface area contributed by atoms with Gasteiger partial charge < -0.3 is 19.2 Å². The Morgan fingerprint density at radius 2 is 1.78 bits per heavy atom. The van der Waals surface area contributed by atoms with Crippen molar-refractivity contribution < 1.29 is 23.8 Å². The van der Waals surface area contributed by atoms with Gasteiger partial charge in [-0.3, -0.25) is 4.79 Å². The second kappa shape index (κ2) is 9.30. The predicted octanol–water partition coefficient (Wildman–Crippen LogP) is 4.71. The third kappa shape index (κ3) is 4.13. The van der Waals surface area contributed by atoms with Gasteiger partial charge >= 0.3 is 5.97 Å². The monoisotopic (exact) mass is 433 g/mol. The minimum Gasteiger partial charge on any atom is -0.497 e. The number of ether oxygens (including phenoxy) is 3. The van der Waals surface area contributed by atoms with E-state index in [4.69, 9.17) is 14.2 Å². The highest BCUT2D eigenvalue weighted by atomic mass is 16.5. The summed E-state index contributed by atoms with van der Waals surface area (Å²) < 4.78 is 16.0. The minimum absolute atomic E-state index is 0.0313. The second-order valence-electron chi connectivity index (χ2n) is 7.84. The lowest BCUT2D eigenvalue weighted by Gasteiger charge is -2.22. The summed E-state index contributed by atoms with van der Waals surface area (Å²) >= 11 is 0. The van der Waals surface area contributed by atoms with E-state index in [-0.39, 0.29) is 18.3 Å². The molecule has 166 valence electrons. The summed E-state index contributed by atoms with van der Waals surface area (Å²) in [4.78, 5) is 29.3. The maximum Gasteiger partial charge on any atom is 0.355 e. The topological polar surface area (TPSA) is 77.6 Å². The largest absolute Gasteiger partial charge is 0.497 e. The Hall–Kier alpha value is -3.54. The van der Waals surface area contributed by atoms with E-state index in [0.717, 1.165) is 28.3 Å². The van der Waals surface area contributed by atoms with Crippen LogP contribution in [0.5, 0.6) is 11.5 Å². The van der Waals surface area contributed by atoms with Crippen molar-refractivity contribution in [1.82, 2.24) is 4.98 Å². The Bertz CT molecular complexity index is 1130. The number of rotatable bonds is 7. The Balaban J connectivity index is 1.74. The van der Waals surface area contributed by atoms with Gasteiger partial charge in [0.05, 0.1) is 20.8 Å². The summed E-state index contributed by atoms with van der Waals surface area (Å²) in [6.07, 6.45) is 1.44. The summed E-state index contributed by atoms with van der Waals surface area (Å²) in [5.74, 6) is 1.12. The standard InChI is InChI=1S/C26H27NO5/c1-4-32-26(29)25-20(13-17-7-5-6-8-23(17)31-3)24-21(27-25)14-18(15-22(24)28)16-9-11-19(30-2)12-10-16/h5-12,18,27H,4,13-15H2,1-3H3/t18-/m0/s1. The van der Waals surface area contributed by atoms with Crippen molar-refractivity contribution in [3.63, 3.8) is 0 Å². The van der Waals surface area contributed by atoms with Crippen molar-refractivity contribution in [1.29, 1.82) is 0 Å². The molecule has 0 saturated heterocycles. The highest BCUT2D eigenvalue weighted by Gasteiger charge is 2.34. The lowest BCUT2D eigenvalue weighted by molar-refractivity contribution is 0.0519. The Morgan fingerprint density at radius 3 is 2.47 bits per heavy atom. The third-order valence-corrected chi connectivity index (χ3v) is 5.97. The van der Waals surface area contributed by atoms with Crippen LogP contribution in [0.3, 0.4) is 0 Å². The van der Waals surface area contributed by atoms with Crippen molar-refractivity contribution in [2.24, 2.45) is 0 Å². The number of Topliss-reactive ketones (excluding diaryl/α,β-unsaturated/α-hetero) is 1. The number of methoxy groups -OCH3 is 2. The molecule has 0 bridgehead atoms. The zero-order chi connectivity index (χ0) is 22.7. The molecule has 1 N–H and O–H groups in total. The number of nitrogens with one attached hydrogen (secondary N) is 1.